The number of hydrogen-bond donors (Lipinski definition) is 1. The van der Waals surface area contributed by atoms with Gasteiger partial charge in [-0.2, -0.15) is 0 Å². The van der Waals surface area contributed by atoms with Gasteiger partial charge in [0.15, 0.2) is 5.78 Å². The van der Waals surface area contributed by atoms with Crippen LogP contribution in [0.2, 0.25) is 0 Å². The molecule has 0 atom stereocenters. The Morgan fingerprint density at radius 2 is 1.81 bits per heavy atom. The Kier molecular flexibility index (Phi) is 2.68. The number of Topliss-reactive ketones (excluding diaryl/α,β-unsaturated/α-hetero) is 1. The van der Waals surface area contributed by atoms with Gasteiger partial charge in [0.05, 0.1) is 5.56 Å². The SMILES string of the molecule is CC(=O)c1c(-c2ccccc2)cc[nH]c1=O. The number of carbonyl (C=O) groups excluding carboxylic acids is 1. The van der Waals surface area contributed by atoms with Crippen LogP contribution in [0.3, 0.4) is 0 Å². The van der Waals surface area contributed by atoms with Crippen LogP contribution in [0.25, 0.3) is 11.1 Å². The fourth-order valence-electron chi connectivity index (χ4n) is 1.69. The summed E-state index contributed by atoms with van der Waals surface area (Å²) in [6.07, 6.45) is 1.55. The minimum Gasteiger partial charge on any atom is -0.328 e. The molecule has 0 aliphatic heterocycles. The molecule has 1 heterocycles. The summed E-state index contributed by atoms with van der Waals surface area (Å²) >= 11 is 0. The highest BCUT2D eigenvalue weighted by molar-refractivity contribution is 6.00. The number of H-pyrrole nitrogens is 1. The van der Waals surface area contributed by atoms with E-state index in [-0.39, 0.29) is 16.9 Å². The lowest BCUT2D eigenvalue weighted by molar-refractivity contribution is 0.101. The molecule has 0 aliphatic rings. The molecule has 3 nitrogen and oxygen atoms in total. The summed E-state index contributed by atoms with van der Waals surface area (Å²) in [5, 5.41) is 0. The number of benzene rings is 1. The van der Waals surface area contributed by atoms with Gasteiger partial charge in [-0.1, -0.05) is 30.3 Å². The van der Waals surface area contributed by atoms with E-state index in [1.165, 1.54) is 6.92 Å². The van der Waals surface area contributed by atoms with E-state index in [9.17, 15) is 9.59 Å². The number of pyridine rings is 1. The van der Waals surface area contributed by atoms with Crippen molar-refractivity contribution < 1.29 is 4.79 Å². The maximum Gasteiger partial charge on any atom is 0.259 e. The molecule has 2 rings (SSSR count). The molecular weight excluding hydrogens is 202 g/mol. The first-order valence-electron chi connectivity index (χ1n) is 4.98. The molecule has 1 aromatic heterocycles. The van der Waals surface area contributed by atoms with Crippen LogP contribution in [0.4, 0.5) is 0 Å². The van der Waals surface area contributed by atoms with Crippen molar-refractivity contribution in [1.29, 1.82) is 0 Å². The van der Waals surface area contributed by atoms with Crippen LogP contribution in [0.1, 0.15) is 17.3 Å². The minimum atomic E-state index is -0.339. The summed E-state index contributed by atoms with van der Waals surface area (Å²) in [5.41, 5.74) is 1.43. The topological polar surface area (TPSA) is 49.9 Å². The minimum absolute atomic E-state index is 0.216. The number of aromatic amines is 1. The number of carbonyl (C=O) groups is 1. The van der Waals surface area contributed by atoms with Gasteiger partial charge in [0.2, 0.25) is 0 Å². The Morgan fingerprint density at radius 1 is 1.12 bits per heavy atom. The third-order valence-electron chi connectivity index (χ3n) is 2.40. The Labute approximate surface area is 92.8 Å². The van der Waals surface area contributed by atoms with E-state index in [1.54, 1.807) is 12.3 Å². The zero-order valence-electron chi connectivity index (χ0n) is 8.86. The molecule has 1 N–H and O–H groups in total. The fraction of sp³-hybridized carbons (Fsp3) is 0.0769. The van der Waals surface area contributed by atoms with E-state index in [4.69, 9.17) is 0 Å². The molecule has 3 heteroatoms. The van der Waals surface area contributed by atoms with Gasteiger partial charge >= 0.3 is 0 Å². The van der Waals surface area contributed by atoms with Gasteiger partial charge in [-0.05, 0) is 24.1 Å². The number of ketones is 1. The normalized spacial score (nSPS) is 10.1. The molecule has 1 aromatic carbocycles. The largest absolute Gasteiger partial charge is 0.328 e. The molecular formula is C13H11NO2. The molecule has 0 bridgehead atoms. The van der Waals surface area contributed by atoms with Gasteiger partial charge < -0.3 is 4.98 Å². The highest BCUT2D eigenvalue weighted by atomic mass is 16.1. The summed E-state index contributed by atoms with van der Waals surface area (Å²) in [4.78, 5) is 25.5. The lowest BCUT2D eigenvalue weighted by Gasteiger charge is -2.05. The first-order valence-corrected chi connectivity index (χ1v) is 4.98. The maximum atomic E-state index is 11.6. The molecule has 2 aromatic rings. The molecule has 0 aliphatic carbocycles. The number of aromatic nitrogens is 1. The van der Waals surface area contributed by atoms with Crippen molar-refractivity contribution in [3.63, 3.8) is 0 Å². The second-order valence-electron chi connectivity index (χ2n) is 3.52. The molecule has 0 saturated heterocycles. The first kappa shape index (κ1) is 10.4. The molecule has 0 fully saturated rings. The van der Waals surface area contributed by atoms with E-state index in [2.05, 4.69) is 4.98 Å². The summed E-state index contributed by atoms with van der Waals surface area (Å²) in [5.74, 6) is -0.222. The van der Waals surface area contributed by atoms with E-state index >= 15 is 0 Å². The predicted octanol–water partition coefficient (Wildman–Crippen LogP) is 2.24. The average molecular weight is 213 g/mol. The summed E-state index contributed by atoms with van der Waals surface area (Å²) < 4.78 is 0. The van der Waals surface area contributed by atoms with Crippen LogP contribution >= 0.6 is 0 Å². The Hall–Kier alpha value is -2.16. The Bertz CT molecular complexity index is 570. The standard InChI is InChI=1S/C13H11NO2/c1-9(15)12-11(7-8-14-13(12)16)10-5-3-2-4-6-10/h2-8H,1H3,(H,14,16). The van der Waals surface area contributed by atoms with Crippen LogP contribution in [-0.2, 0) is 0 Å². The molecule has 80 valence electrons. The Morgan fingerprint density at radius 3 is 2.44 bits per heavy atom. The van der Waals surface area contributed by atoms with Crippen LogP contribution in [-0.4, -0.2) is 10.8 Å². The molecule has 16 heavy (non-hydrogen) atoms. The van der Waals surface area contributed by atoms with Crippen molar-refractivity contribution in [2.75, 3.05) is 0 Å². The van der Waals surface area contributed by atoms with E-state index in [0.717, 1.165) is 5.56 Å². The van der Waals surface area contributed by atoms with Crippen LogP contribution in [0.5, 0.6) is 0 Å². The van der Waals surface area contributed by atoms with Gasteiger partial charge in [0.1, 0.15) is 0 Å². The lowest BCUT2D eigenvalue weighted by Crippen LogP contribution is -2.16. The smallest absolute Gasteiger partial charge is 0.259 e. The molecule has 0 saturated carbocycles. The van der Waals surface area contributed by atoms with E-state index in [1.807, 2.05) is 30.3 Å². The predicted molar refractivity (Wildman–Crippen MR) is 62.5 cm³/mol. The second-order valence-corrected chi connectivity index (χ2v) is 3.52. The fourth-order valence-corrected chi connectivity index (χ4v) is 1.69. The van der Waals surface area contributed by atoms with Crippen LogP contribution < -0.4 is 5.56 Å². The third kappa shape index (κ3) is 1.80. The Balaban J connectivity index is 2.71. The van der Waals surface area contributed by atoms with Crippen molar-refractivity contribution in [1.82, 2.24) is 4.98 Å². The maximum absolute atomic E-state index is 11.6. The van der Waals surface area contributed by atoms with Gasteiger partial charge in [-0.15, -0.1) is 0 Å². The van der Waals surface area contributed by atoms with Crippen LogP contribution in [0, 0.1) is 0 Å². The van der Waals surface area contributed by atoms with Crippen molar-refractivity contribution in [2.45, 2.75) is 6.92 Å². The lowest BCUT2D eigenvalue weighted by atomic mass is 10.00. The van der Waals surface area contributed by atoms with Crippen molar-refractivity contribution in [3.8, 4) is 11.1 Å². The van der Waals surface area contributed by atoms with E-state index < -0.39 is 0 Å². The molecule has 0 spiro atoms. The molecule has 0 amide bonds. The monoisotopic (exact) mass is 213 g/mol. The molecule has 0 unspecified atom stereocenters. The zero-order valence-corrected chi connectivity index (χ0v) is 8.86. The number of hydrogen-bond acceptors (Lipinski definition) is 2. The highest BCUT2D eigenvalue weighted by Gasteiger charge is 2.12. The van der Waals surface area contributed by atoms with Crippen molar-refractivity contribution >= 4 is 5.78 Å². The average Bonchev–Trinajstić information content (AvgIpc) is 2.29. The molecule has 0 radical (unpaired) electrons. The van der Waals surface area contributed by atoms with Crippen molar-refractivity contribution in [3.05, 3.63) is 58.5 Å². The highest BCUT2D eigenvalue weighted by Crippen LogP contribution is 2.20. The van der Waals surface area contributed by atoms with Gasteiger partial charge in [0, 0.05) is 6.20 Å². The van der Waals surface area contributed by atoms with Gasteiger partial charge in [0.25, 0.3) is 5.56 Å². The van der Waals surface area contributed by atoms with Gasteiger partial charge in [-0.25, -0.2) is 0 Å². The number of nitrogens with one attached hydrogen (secondary N) is 1. The summed E-state index contributed by atoms with van der Waals surface area (Å²) in [6.45, 7) is 1.40. The van der Waals surface area contributed by atoms with E-state index in [0.29, 0.717) is 5.56 Å². The zero-order chi connectivity index (χ0) is 11.5. The summed E-state index contributed by atoms with van der Waals surface area (Å²) in [6, 6.07) is 11.1. The third-order valence-corrected chi connectivity index (χ3v) is 2.40. The first-order chi connectivity index (χ1) is 7.70. The van der Waals surface area contributed by atoms with Crippen LogP contribution in [0.15, 0.2) is 47.4 Å². The second kappa shape index (κ2) is 4.14. The quantitative estimate of drug-likeness (QED) is 0.778. The van der Waals surface area contributed by atoms with Crippen molar-refractivity contribution in [2.24, 2.45) is 0 Å². The number of rotatable bonds is 2. The van der Waals surface area contributed by atoms with Gasteiger partial charge in [-0.3, -0.25) is 9.59 Å². The summed E-state index contributed by atoms with van der Waals surface area (Å²) in [7, 11) is 0.